The van der Waals surface area contributed by atoms with Crippen molar-refractivity contribution in [3.8, 4) is 0 Å². The van der Waals surface area contributed by atoms with Crippen LogP contribution >= 0.6 is 0 Å². The first kappa shape index (κ1) is 23.4. The quantitative estimate of drug-likeness (QED) is 0.305. The predicted octanol–water partition coefficient (Wildman–Crippen LogP) is 6.17. The molecular formula is C29H26N4O3S. The lowest BCUT2D eigenvalue weighted by Gasteiger charge is -2.26. The molecular weight excluding hydrogens is 484 g/mol. The minimum Gasteiger partial charge on any atom is -0.307 e. The van der Waals surface area contributed by atoms with E-state index >= 15 is 0 Å². The molecule has 0 saturated heterocycles. The van der Waals surface area contributed by atoms with E-state index in [0.29, 0.717) is 22.2 Å². The first-order valence-electron chi connectivity index (χ1n) is 12.5. The van der Waals surface area contributed by atoms with Crippen molar-refractivity contribution in [3.63, 3.8) is 0 Å². The number of hydrogen-bond acceptors (Lipinski definition) is 5. The minimum absolute atomic E-state index is 0.00231. The van der Waals surface area contributed by atoms with Gasteiger partial charge in [-0.05, 0) is 49.2 Å². The number of nitrogens with zero attached hydrogens (tertiary/aromatic N) is 3. The molecule has 1 aliphatic carbocycles. The summed E-state index contributed by atoms with van der Waals surface area (Å²) in [5.74, 6) is -0.149. The number of aromatic nitrogens is 3. The summed E-state index contributed by atoms with van der Waals surface area (Å²) in [6.45, 7) is 0. The third-order valence-electron chi connectivity index (χ3n) is 6.98. The van der Waals surface area contributed by atoms with Crippen molar-refractivity contribution < 1.29 is 13.2 Å². The number of rotatable bonds is 5. The number of nitrogens with one attached hydrogen (secondary N) is 1. The number of para-hydroxylation sites is 2. The van der Waals surface area contributed by atoms with Gasteiger partial charge in [0.25, 0.3) is 5.91 Å². The largest absolute Gasteiger partial charge is 0.307 e. The average molecular weight is 511 g/mol. The monoisotopic (exact) mass is 510 g/mol. The lowest BCUT2D eigenvalue weighted by molar-refractivity contribution is 0.102. The highest BCUT2D eigenvalue weighted by atomic mass is 32.2. The molecule has 2 aromatic heterocycles. The SMILES string of the molecule is O=C(Nc1c(S(=O)(=O)c2ccccc2)c2nc3ccccc3nc2n1C1CCCCC1)c1ccccc1. The number of amides is 1. The van der Waals surface area contributed by atoms with Crippen molar-refractivity contribution >= 4 is 43.8 Å². The Morgan fingerprint density at radius 2 is 1.38 bits per heavy atom. The molecule has 1 fully saturated rings. The molecule has 3 aromatic carbocycles. The van der Waals surface area contributed by atoms with Gasteiger partial charge in [0.2, 0.25) is 9.84 Å². The molecule has 0 bridgehead atoms. The zero-order chi connectivity index (χ0) is 25.4. The van der Waals surface area contributed by atoms with Crippen LogP contribution in [0.4, 0.5) is 5.82 Å². The molecule has 8 heteroatoms. The van der Waals surface area contributed by atoms with E-state index in [1.807, 2.05) is 34.9 Å². The highest BCUT2D eigenvalue weighted by Gasteiger charge is 2.35. The molecule has 6 rings (SSSR count). The van der Waals surface area contributed by atoms with Crippen molar-refractivity contribution in [1.29, 1.82) is 0 Å². The lowest BCUT2D eigenvalue weighted by atomic mass is 9.95. The number of benzene rings is 3. The second-order valence-electron chi connectivity index (χ2n) is 9.36. The number of anilines is 1. The van der Waals surface area contributed by atoms with E-state index in [0.717, 1.165) is 32.1 Å². The molecule has 0 aliphatic heterocycles. The van der Waals surface area contributed by atoms with E-state index < -0.39 is 9.84 Å². The van der Waals surface area contributed by atoms with Crippen molar-refractivity contribution in [2.24, 2.45) is 0 Å². The summed E-state index contributed by atoms with van der Waals surface area (Å²) in [7, 11) is -4.05. The predicted molar refractivity (Wildman–Crippen MR) is 143 cm³/mol. The van der Waals surface area contributed by atoms with Crippen LogP contribution in [0.25, 0.3) is 22.2 Å². The van der Waals surface area contributed by atoms with Crippen LogP contribution in [0.1, 0.15) is 48.5 Å². The molecule has 186 valence electrons. The molecule has 0 atom stereocenters. The summed E-state index contributed by atoms with van der Waals surface area (Å²) in [6, 6.07) is 24.5. The maximum atomic E-state index is 14.2. The summed E-state index contributed by atoms with van der Waals surface area (Å²) < 4.78 is 30.3. The second-order valence-corrected chi connectivity index (χ2v) is 11.2. The molecule has 0 unspecified atom stereocenters. The van der Waals surface area contributed by atoms with Gasteiger partial charge in [0.1, 0.15) is 16.2 Å². The topological polar surface area (TPSA) is 93.9 Å². The second kappa shape index (κ2) is 9.44. The summed E-state index contributed by atoms with van der Waals surface area (Å²) in [6.07, 6.45) is 4.93. The van der Waals surface area contributed by atoms with Crippen LogP contribution in [-0.4, -0.2) is 28.9 Å². The number of carbonyl (C=O) groups is 1. The number of carbonyl (C=O) groups excluding carboxylic acids is 1. The van der Waals surface area contributed by atoms with E-state index in [9.17, 15) is 13.2 Å². The molecule has 1 N–H and O–H groups in total. The van der Waals surface area contributed by atoms with E-state index in [-0.39, 0.29) is 33.1 Å². The van der Waals surface area contributed by atoms with E-state index in [1.165, 1.54) is 0 Å². The summed E-state index contributed by atoms with van der Waals surface area (Å²) in [5, 5.41) is 2.98. The van der Waals surface area contributed by atoms with E-state index in [4.69, 9.17) is 9.97 Å². The van der Waals surface area contributed by atoms with Gasteiger partial charge >= 0.3 is 0 Å². The maximum absolute atomic E-state index is 14.2. The van der Waals surface area contributed by atoms with Gasteiger partial charge in [0, 0.05) is 11.6 Å². The summed E-state index contributed by atoms with van der Waals surface area (Å²) in [4.78, 5) is 23.3. The number of fused-ring (bicyclic) bond motifs is 2. The Hall–Kier alpha value is -4.04. The van der Waals surface area contributed by atoms with Gasteiger partial charge < -0.3 is 9.88 Å². The fraction of sp³-hybridized carbons (Fsp3) is 0.207. The molecule has 1 aliphatic rings. The Kier molecular flexibility index (Phi) is 5.96. The van der Waals surface area contributed by atoms with Gasteiger partial charge in [-0.25, -0.2) is 18.4 Å². The first-order chi connectivity index (χ1) is 18.0. The van der Waals surface area contributed by atoms with Crippen molar-refractivity contribution in [2.45, 2.75) is 47.9 Å². The first-order valence-corrected chi connectivity index (χ1v) is 14.0. The lowest BCUT2D eigenvalue weighted by Crippen LogP contribution is -2.21. The number of hydrogen-bond donors (Lipinski definition) is 1. The highest BCUT2D eigenvalue weighted by molar-refractivity contribution is 7.92. The summed E-state index contributed by atoms with van der Waals surface area (Å²) in [5.41, 5.74) is 2.47. The van der Waals surface area contributed by atoms with Crippen molar-refractivity contribution in [2.75, 3.05) is 5.32 Å². The van der Waals surface area contributed by atoms with Gasteiger partial charge in [-0.2, -0.15) is 0 Å². The van der Waals surface area contributed by atoms with Gasteiger partial charge in [-0.3, -0.25) is 4.79 Å². The van der Waals surface area contributed by atoms with Crippen molar-refractivity contribution in [1.82, 2.24) is 14.5 Å². The average Bonchev–Trinajstić information content (AvgIpc) is 3.26. The van der Waals surface area contributed by atoms with Crippen LogP contribution in [0, 0.1) is 0 Å². The Balaban J connectivity index is 1.68. The zero-order valence-corrected chi connectivity index (χ0v) is 21.0. The van der Waals surface area contributed by atoms with Crippen LogP contribution in [-0.2, 0) is 9.84 Å². The summed E-state index contributed by atoms with van der Waals surface area (Å²) >= 11 is 0. The fourth-order valence-corrected chi connectivity index (χ4v) is 6.74. The third kappa shape index (κ3) is 4.17. The Morgan fingerprint density at radius 3 is 2.05 bits per heavy atom. The molecule has 0 spiro atoms. The number of sulfone groups is 1. The smallest absolute Gasteiger partial charge is 0.256 e. The zero-order valence-electron chi connectivity index (χ0n) is 20.2. The Morgan fingerprint density at radius 1 is 0.784 bits per heavy atom. The third-order valence-corrected chi connectivity index (χ3v) is 8.80. The Labute approximate surface area is 215 Å². The normalized spacial score (nSPS) is 14.7. The van der Waals surface area contributed by atoms with Gasteiger partial charge in [0.05, 0.1) is 15.9 Å². The fourth-order valence-electron chi connectivity index (χ4n) is 5.19. The van der Waals surface area contributed by atoms with Gasteiger partial charge in [-0.15, -0.1) is 0 Å². The Bertz CT molecular complexity index is 1710. The van der Waals surface area contributed by atoms with E-state index in [2.05, 4.69) is 5.32 Å². The van der Waals surface area contributed by atoms with Crippen LogP contribution in [0.5, 0.6) is 0 Å². The molecule has 0 radical (unpaired) electrons. The maximum Gasteiger partial charge on any atom is 0.256 e. The molecule has 1 amide bonds. The molecule has 2 heterocycles. The van der Waals surface area contributed by atoms with Crippen molar-refractivity contribution in [3.05, 3.63) is 90.5 Å². The van der Waals surface area contributed by atoms with Gasteiger partial charge in [-0.1, -0.05) is 67.8 Å². The van der Waals surface area contributed by atoms with Crippen LogP contribution < -0.4 is 5.32 Å². The van der Waals surface area contributed by atoms with Crippen LogP contribution in [0.2, 0.25) is 0 Å². The molecule has 37 heavy (non-hydrogen) atoms. The molecule has 1 saturated carbocycles. The highest BCUT2D eigenvalue weighted by Crippen LogP contribution is 2.42. The van der Waals surface area contributed by atoms with Gasteiger partial charge in [0.15, 0.2) is 5.65 Å². The molecule has 7 nitrogen and oxygen atoms in total. The van der Waals surface area contributed by atoms with Crippen LogP contribution in [0.3, 0.4) is 0 Å². The standard InChI is InChI=1S/C29H26N4O3S/c34-29(20-12-4-1-5-13-20)32-28-26(37(35,36)22-16-8-3-9-17-22)25-27(33(28)21-14-6-2-7-15-21)31-24-19-11-10-18-23(24)30-25/h1,3-5,8-13,16-19,21H,2,6-7,14-15H2,(H,32,34). The minimum atomic E-state index is -4.05. The van der Waals surface area contributed by atoms with Crippen LogP contribution in [0.15, 0.2) is 94.7 Å². The van der Waals surface area contributed by atoms with E-state index in [1.54, 1.807) is 54.6 Å². The molecule has 5 aromatic rings.